The van der Waals surface area contributed by atoms with E-state index < -0.39 is 0 Å². The number of hydrogen-bond donors (Lipinski definition) is 2. The molecule has 0 saturated carbocycles. The predicted molar refractivity (Wildman–Crippen MR) is 90.5 cm³/mol. The van der Waals surface area contributed by atoms with Gasteiger partial charge in [-0.2, -0.15) is 0 Å². The predicted octanol–water partition coefficient (Wildman–Crippen LogP) is 2.28. The van der Waals surface area contributed by atoms with Crippen LogP contribution in [0.3, 0.4) is 0 Å². The molecule has 0 bridgehead atoms. The van der Waals surface area contributed by atoms with E-state index >= 15 is 0 Å². The van der Waals surface area contributed by atoms with Crippen molar-refractivity contribution in [3.63, 3.8) is 0 Å². The first-order valence-electron chi connectivity index (χ1n) is 7.49. The van der Waals surface area contributed by atoms with Crippen molar-refractivity contribution in [2.45, 2.75) is 32.7 Å². The fourth-order valence-electron chi connectivity index (χ4n) is 2.70. The van der Waals surface area contributed by atoms with E-state index in [0.717, 1.165) is 41.7 Å². The molecule has 2 rings (SSSR count). The smallest absolute Gasteiger partial charge is 0.241 e. The van der Waals surface area contributed by atoms with Crippen LogP contribution in [0.2, 0.25) is 0 Å². The number of nitrogens with one attached hydrogen (secondary N) is 1. The maximum atomic E-state index is 12.4. The van der Waals surface area contributed by atoms with Crippen LogP contribution in [0, 0.1) is 12.8 Å². The summed E-state index contributed by atoms with van der Waals surface area (Å²) in [6, 6.07) is 5.59. The Kier molecular flexibility index (Phi) is 5.58. The van der Waals surface area contributed by atoms with Gasteiger partial charge in [0.05, 0.1) is 11.7 Å². The Bertz CT molecular complexity index is 569. The third-order valence-electron chi connectivity index (χ3n) is 4.24. The summed E-state index contributed by atoms with van der Waals surface area (Å²) in [5, 5.41) is 2.95. The van der Waals surface area contributed by atoms with Gasteiger partial charge in [-0.3, -0.25) is 14.5 Å². The second-order valence-corrected chi connectivity index (χ2v) is 6.72. The molecule has 1 aromatic carbocycles. The zero-order valence-electron chi connectivity index (χ0n) is 12.9. The molecular weight excluding hydrogens is 346 g/mol. The lowest BCUT2D eigenvalue weighted by molar-refractivity contribution is -0.124. The van der Waals surface area contributed by atoms with Gasteiger partial charge in [0.1, 0.15) is 0 Å². The van der Waals surface area contributed by atoms with E-state index in [2.05, 4.69) is 26.1 Å². The van der Waals surface area contributed by atoms with Gasteiger partial charge in [0, 0.05) is 10.4 Å². The first-order valence-corrected chi connectivity index (χ1v) is 8.28. The van der Waals surface area contributed by atoms with E-state index in [-0.39, 0.29) is 23.8 Å². The number of halogens is 1. The molecule has 5 nitrogen and oxygen atoms in total. The van der Waals surface area contributed by atoms with Crippen LogP contribution >= 0.6 is 15.9 Å². The zero-order valence-corrected chi connectivity index (χ0v) is 14.5. The van der Waals surface area contributed by atoms with Crippen molar-refractivity contribution in [1.82, 2.24) is 4.90 Å². The number of anilines is 1. The standard InChI is InChI=1S/C16H22BrN3O2/c1-10-3-4-14(13(17)9-10)19-16(22)11(2)20-7-5-12(6-8-20)15(18)21/h3-4,9,11-12H,5-8H2,1-2H3,(H2,18,21)(H,19,22)/t11-/m0/s1. The molecule has 2 amide bonds. The van der Waals surface area contributed by atoms with Crippen molar-refractivity contribution < 1.29 is 9.59 Å². The van der Waals surface area contributed by atoms with E-state index in [1.807, 2.05) is 32.0 Å². The number of nitrogens with zero attached hydrogens (tertiary/aromatic N) is 1. The van der Waals surface area contributed by atoms with Gasteiger partial charge in [0.15, 0.2) is 0 Å². The maximum absolute atomic E-state index is 12.4. The maximum Gasteiger partial charge on any atom is 0.241 e. The number of amides is 2. The van der Waals surface area contributed by atoms with Gasteiger partial charge in [0.25, 0.3) is 0 Å². The number of piperidine rings is 1. The molecule has 0 aromatic heterocycles. The summed E-state index contributed by atoms with van der Waals surface area (Å²) < 4.78 is 0.875. The monoisotopic (exact) mass is 367 g/mol. The summed E-state index contributed by atoms with van der Waals surface area (Å²) >= 11 is 3.46. The molecule has 0 radical (unpaired) electrons. The Balaban J connectivity index is 1.94. The zero-order chi connectivity index (χ0) is 16.3. The summed E-state index contributed by atoms with van der Waals surface area (Å²) in [4.78, 5) is 25.7. The van der Waals surface area contributed by atoms with Crippen LogP contribution in [0.25, 0.3) is 0 Å². The highest BCUT2D eigenvalue weighted by Gasteiger charge is 2.28. The lowest BCUT2D eigenvalue weighted by atomic mass is 9.95. The van der Waals surface area contributed by atoms with Gasteiger partial charge in [-0.15, -0.1) is 0 Å². The van der Waals surface area contributed by atoms with Crippen LogP contribution in [0.4, 0.5) is 5.69 Å². The highest BCUT2D eigenvalue weighted by Crippen LogP contribution is 2.24. The Hall–Kier alpha value is -1.40. The van der Waals surface area contributed by atoms with Gasteiger partial charge in [0.2, 0.25) is 11.8 Å². The third-order valence-corrected chi connectivity index (χ3v) is 4.90. The fourth-order valence-corrected chi connectivity index (χ4v) is 3.29. The minimum atomic E-state index is -0.236. The normalized spacial score (nSPS) is 18.0. The van der Waals surface area contributed by atoms with Crippen LogP contribution in [0.15, 0.2) is 22.7 Å². The minimum Gasteiger partial charge on any atom is -0.369 e. The number of aryl methyl sites for hydroxylation is 1. The summed E-state index contributed by atoms with van der Waals surface area (Å²) in [5.74, 6) is -0.333. The van der Waals surface area contributed by atoms with Gasteiger partial charge >= 0.3 is 0 Å². The second kappa shape index (κ2) is 7.24. The van der Waals surface area contributed by atoms with Crippen molar-refractivity contribution in [3.8, 4) is 0 Å². The van der Waals surface area contributed by atoms with Crippen LogP contribution < -0.4 is 11.1 Å². The number of hydrogen-bond acceptors (Lipinski definition) is 3. The van der Waals surface area contributed by atoms with Crippen molar-refractivity contribution in [1.29, 1.82) is 0 Å². The third kappa shape index (κ3) is 4.08. The van der Waals surface area contributed by atoms with Crippen LogP contribution in [-0.2, 0) is 9.59 Å². The molecule has 0 unspecified atom stereocenters. The molecule has 120 valence electrons. The van der Waals surface area contributed by atoms with E-state index in [0.29, 0.717) is 0 Å². The summed E-state index contributed by atoms with van der Waals surface area (Å²) in [7, 11) is 0. The minimum absolute atomic E-state index is 0.0397. The Morgan fingerprint density at radius 1 is 1.36 bits per heavy atom. The topological polar surface area (TPSA) is 75.4 Å². The molecule has 6 heteroatoms. The number of carbonyl (C=O) groups excluding carboxylic acids is 2. The first kappa shape index (κ1) is 17.0. The van der Waals surface area contributed by atoms with Gasteiger partial charge in [-0.25, -0.2) is 0 Å². The SMILES string of the molecule is Cc1ccc(NC(=O)[C@H](C)N2CCC(C(N)=O)CC2)c(Br)c1. The number of nitrogens with two attached hydrogens (primary N) is 1. The van der Waals surface area contributed by atoms with E-state index in [9.17, 15) is 9.59 Å². The molecule has 1 aromatic rings. The van der Waals surface area contributed by atoms with Crippen molar-refractivity contribution >= 4 is 33.4 Å². The lowest BCUT2D eigenvalue weighted by Crippen LogP contribution is -2.47. The Labute approximate surface area is 139 Å². The van der Waals surface area contributed by atoms with Gasteiger partial charge < -0.3 is 11.1 Å². The van der Waals surface area contributed by atoms with Crippen molar-refractivity contribution in [2.24, 2.45) is 11.7 Å². The number of rotatable bonds is 4. The highest BCUT2D eigenvalue weighted by molar-refractivity contribution is 9.10. The van der Waals surface area contributed by atoms with Crippen LogP contribution in [0.5, 0.6) is 0 Å². The molecule has 1 aliphatic heterocycles. The number of carbonyl (C=O) groups is 2. The lowest BCUT2D eigenvalue weighted by Gasteiger charge is -2.34. The first-order chi connectivity index (χ1) is 10.4. The Morgan fingerprint density at radius 2 is 2.00 bits per heavy atom. The van der Waals surface area contributed by atoms with E-state index in [4.69, 9.17) is 5.73 Å². The summed E-state index contributed by atoms with van der Waals surface area (Å²) in [5.41, 5.74) is 7.24. The molecule has 1 aliphatic rings. The summed E-state index contributed by atoms with van der Waals surface area (Å²) in [6.45, 7) is 5.33. The number of primary amides is 1. The molecule has 0 aliphatic carbocycles. The summed E-state index contributed by atoms with van der Waals surface area (Å²) in [6.07, 6.45) is 1.45. The number of likely N-dealkylation sites (tertiary alicyclic amines) is 1. The second-order valence-electron chi connectivity index (χ2n) is 5.86. The Morgan fingerprint density at radius 3 is 2.55 bits per heavy atom. The molecule has 22 heavy (non-hydrogen) atoms. The number of benzene rings is 1. The van der Waals surface area contributed by atoms with E-state index in [1.165, 1.54) is 0 Å². The highest BCUT2D eigenvalue weighted by atomic mass is 79.9. The molecule has 3 N–H and O–H groups in total. The van der Waals surface area contributed by atoms with E-state index in [1.54, 1.807) is 0 Å². The van der Waals surface area contributed by atoms with Crippen LogP contribution in [0.1, 0.15) is 25.3 Å². The van der Waals surface area contributed by atoms with Crippen molar-refractivity contribution in [2.75, 3.05) is 18.4 Å². The van der Waals surface area contributed by atoms with Gasteiger partial charge in [-0.1, -0.05) is 6.07 Å². The molecule has 1 saturated heterocycles. The molecular formula is C16H22BrN3O2. The quantitative estimate of drug-likeness (QED) is 0.856. The molecule has 0 spiro atoms. The average molecular weight is 368 g/mol. The molecule has 1 fully saturated rings. The molecule has 1 atom stereocenters. The van der Waals surface area contributed by atoms with Gasteiger partial charge in [-0.05, 0) is 73.4 Å². The fraction of sp³-hybridized carbons (Fsp3) is 0.500. The average Bonchev–Trinajstić information content (AvgIpc) is 2.49. The molecule has 1 heterocycles. The van der Waals surface area contributed by atoms with Crippen LogP contribution in [-0.4, -0.2) is 35.8 Å². The van der Waals surface area contributed by atoms with Crippen molar-refractivity contribution in [3.05, 3.63) is 28.2 Å². The largest absolute Gasteiger partial charge is 0.369 e.